The van der Waals surface area contributed by atoms with Crippen molar-refractivity contribution in [2.75, 3.05) is 0 Å². The largest absolute Gasteiger partial charge is 0.0843 e. The Morgan fingerprint density at radius 3 is 2.50 bits per heavy atom. The summed E-state index contributed by atoms with van der Waals surface area (Å²) in [5.41, 5.74) is 6.56. The predicted molar refractivity (Wildman–Crippen MR) is 81.3 cm³/mol. The molecule has 0 bridgehead atoms. The summed E-state index contributed by atoms with van der Waals surface area (Å²) in [7, 11) is 0. The summed E-state index contributed by atoms with van der Waals surface area (Å²) < 4.78 is 0. The molecule has 0 nitrogen and oxygen atoms in total. The van der Waals surface area contributed by atoms with Gasteiger partial charge in [-0.1, -0.05) is 57.9 Å². The highest BCUT2D eigenvalue weighted by atomic mass is 79.9. The highest BCUT2D eigenvalue weighted by Crippen LogP contribution is 2.35. The molecule has 2 aromatic rings. The van der Waals surface area contributed by atoms with Crippen LogP contribution in [-0.2, 0) is 12.8 Å². The van der Waals surface area contributed by atoms with Crippen molar-refractivity contribution < 1.29 is 0 Å². The van der Waals surface area contributed by atoms with Crippen LogP contribution >= 0.6 is 27.5 Å². The van der Waals surface area contributed by atoms with Gasteiger partial charge in [0.15, 0.2) is 0 Å². The highest BCUT2D eigenvalue weighted by molar-refractivity contribution is 9.11. The number of fused-ring (bicyclic) bond motifs is 2. The van der Waals surface area contributed by atoms with Crippen LogP contribution in [-0.4, -0.2) is 0 Å². The van der Waals surface area contributed by atoms with E-state index in [-0.39, 0.29) is 0 Å². The Hall–Kier alpha value is -1.05. The second kappa shape index (κ2) is 4.91. The monoisotopic (exact) mass is 318 g/mol. The molecule has 3 rings (SSSR count). The van der Waals surface area contributed by atoms with Gasteiger partial charge in [-0.15, -0.1) is 0 Å². The smallest absolute Gasteiger partial charge is 0.0409 e. The van der Waals surface area contributed by atoms with Crippen LogP contribution in [0.3, 0.4) is 0 Å². The van der Waals surface area contributed by atoms with Crippen molar-refractivity contribution in [1.29, 1.82) is 0 Å². The molecule has 0 N–H and O–H groups in total. The zero-order chi connectivity index (χ0) is 12.5. The molecule has 0 radical (unpaired) electrons. The van der Waals surface area contributed by atoms with Crippen LogP contribution in [0.5, 0.6) is 0 Å². The van der Waals surface area contributed by atoms with Crippen molar-refractivity contribution in [2.24, 2.45) is 0 Å². The molecule has 0 fully saturated rings. The molecular formula is C16H12BrCl. The van der Waals surface area contributed by atoms with Crippen molar-refractivity contribution >= 4 is 33.1 Å². The summed E-state index contributed by atoms with van der Waals surface area (Å²) in [5, 5.41) is 0.814. The van der Waals surface area contributed by atoms with E-state index in [1.165, 1.54) is 27.8 Å². The van der Waals surface area contributed by atoms with E-state index >= 15 is 0 Å². The minimum atomic E-state index is 0.814. The average molecular weight is 320 g/mol. The Kier molecular flexibility index (Phi) is 3.27. The second-order valence-electron chi connectivity index (χ2n) is 4.48. The molecule has 0 saturated heterocycles. The molecule has 0 amide bonds. The van der Waals surface area contributed by atoms with E-state index in [2.05, 4.69) is 52.3 Å². The molecule has 2 aromatic carbocycles. The van der Waals surface area contributed by atoms with Gasteiger partial charge in [0.25, 0.3) is 0 Å². The lowest BCUT2D eigenvalue weighted by Gasteiger charge is -2.10. The Morgan fingerprint density at radius 2 is 1.67 bits per heavy atom. The van der Waals surface area contributed by atoms with E-state index in [0.29, 0.717) is 0 Å². The van der Waals surface area contributed by atoms with Gasteiger partial charge in [0, 0.05) is 5.02 Å². The van der Waals surface area contributed by atoms with Crippen molar-refractivity contribution in [3.05, 3.63) is 74.7 Å². The van der Waals surface area contributed by atoms with Gasteiger partial charge in [-0.2, -0.15) is 0 Å². The van der Waals surface area contributed by atoms with E-state index in [4.69, 9.17) is 11.6 Å². The molecule has 1 aliphatic carbocycles. The maximum atomic E-state index is 6.10. The molecule has 1 aliphatic rings. The first-order valence-electron chi connectivity index (χ1n) is 5.97. The first-order chi connectivity index (χ1) is 8.79. The van der Waals surface area contributed by atoms with E-state index < -0.39 is 0 Å². The third kappa shape index (κ3) is 2.02. The second-order valence-corrected chi connectivity index (χ2v) is 5.38. The van der Waals surface area contributed by atoms with Gasteiger partial charge < -0.3 is 0 Å². The maximum absolute atomic E-state index is 6.10. The normalized spacial score (nSPS) is 16.0. The quantitative estimate of drug-likeness (QED) is 0.624. The van der Waals surface area contributed by atoms with Crippen LogP contribution in [0.2, 0.25) is 5.02 Å². The van der Waals surface area contributed by atoms with Crippen molar-refractivity contribution in [3.8, 4) is 0 Å². The molecule has 0 aromatic heterocycles. The highest BCUT2D eigenvalue weighted by Gasteiger charge is 2.17. The van der Waals surface area contributed by atoms with Crippen molar-refractivity contribution in [1.82, 2.24) is 0 Å². The Bertz CT molecular complexity index is 629. The lowest BCUT2D eigenvalue weighted by Crippen LogP contribution is -1.91. The van der Waals surface area contributed by atoms with Crippen LogP contribution in [0.1, 0.15) is 22.3 Å². The SMILES string of the molecule is Clc1ccc2c(c1)CCc1ccccc1/C2=C/Br. The molecular weight excluding hydrogens is 308 g/mol. The van der Waals surface area contributed by atoms with Gasteiger partial charge in [-0.05, 0) is 57.8 Å². The van der Waals surface area contributed by atoms with Crippen LogP contribution in [0, 0.1) is 0 Å². The molecule has 0 spiro atoms. The van der Waals surface area contributed by atoms with E-state index in [1.54, 1.807) is 0 Å². The Balaban J connectivity index is 2.25. The summed E-state index contributed by atoms with van der Waals surface area (Å²) in [6.45, 7) is 0. The van der Waals surface area contributed by atoms with Crippen LogP contribution in [0.4, 0.5) is 0 Å². The Morgan fingerprint density at radius 1 is 0.944 bits per heavy atom. The fourth-order valence-electron chi connectivity index (χ4n) is 2.56. The van der Waals surface area contributed by atoms with Gasteiger partial charge in [0.05, 0.1) is 0 Å². The number of benzene rings is 2. The molecule has 0 aliphatic heterocycles. The zero-order valence-electron chi connectivity index (χ0n) is 9.79. The molecule has 0 saturated carbocycles. The third-order valence-electron chi connectivity index (χ3n) is 3.44. The van der Waals surface area contributed by atoms with Gasteiger partial charge in [0.1, 0.15) is 0 Å². The average Bonchev–Trinajstić information content (AvgIpc) is 2.55. The minimum absolute atomic E-state index is 0.814. The predicted octanol–water partition coefficient (Wildman–Crippen LogP) is 5.22. The number of rotatable bonds is 0. The molecule has 0 unspecified atom stereocenters. The fourth-order valence-corrected chi connectivity index (χ4v) is 3.25. The van der Waals surface area contributed by atoms with Gasteiger partial charge >= 0.3 is 0 Å². The summed E-state index contributed by atoms with van der Waals surface area (Å²) in [6.07, 6.45) is 2.10. The topological polar surface area (TPSA) is 0 Å². The number of hydrogen-bond donors (Lipinski definition) is 0. The van der Waals surface area contributed by atoms with E-state index in [9.17, 15) is 0 Å². The van der Waals surface area contributed by atoms with Gasteiger partial charge in [-0.3, -0.25) is 0 Å². The molecule has 0 heterocycles. The fraction of sp³-hybridized carbons (Fsp3) is 0.125. The van der Waals surface area contributed by atoms with Gasteiger partial charge in [0.2, 0.25) is 0 Å². The number of aryl methyl sites for hydroxylation is 2. The Labute approximate surface area is 120 Å². The summed E-state index contributed by atoms with van der Waals surface area (Å²) >= 11 is 9.61. The number of hydrogen-bond acceptors (Lipinski definition) is 0. The zero-order valence-corrected chi connectivity index (χ0v) is 12.1. The van der Waals surface area contributed by atoms with Gasteiger partial charge in [-0.25, -0.2) is 0 Å². The molecule has 2 heteroatoms. The molecule has 0 atom stereocenters. The van der Waals surface area contributed by atoms with Crippen molar-refractivity contribution in [2.45, 2.75) is 12.8 Å². The lowest BCUT2D eigenvalue weighted by molar-refractivity contribution is 0.965. The summed E-state index contributed by atoms with van der Waals surface area (Å²) in [6, 6.07) is 14.8. The van der Waals surface area contributed by atoms with Crippen LogP contribution in [0.25, 0.3) is 5.57 Å². The first kappa shape index (κ1) is 12.0. The molecule has 90 valence electrons. The lowest BCUT2D eigenvalue weighted by atomic mass is 9.96. The summed E-state index contributed by atoms with van der Waals surface area (Å²) in [4.78, 5) is 2.02. The first-order valence-corrected chi connectivity index (χ1v) is 7.26. The third-order valence-corrected chi connectivity index (χ3v) is 4.13. The van der Waals surface area contributed by atoms with Crippen LogP contribution < -0.4 is 0 Å². The van der Waals surface area contributed by atoms with Crippen molar-refractivity contribution in [3.63, 3.8) is 0 Å². The maximum Gasteiger partial charge on any atom is 0.0409 e. The van der Waals surface area contributed by atoms with Crippen LogP contribution in [0.15, 0.2) is 47.4 Å². The van der Waals surface area contributed by atoms with E-state index in [1.807, 2.05) is 11.1 Å². The number of halogens is 2. The minimum Gasteiger partial charge on any atom is -0.0843 e. The molecule has 18 heavy (non-hydrogen) atoms. The van der Waals surface area contributed by atoms with E-state index in [0.717, 1.165) is 17.9 Å². The standard InChI is InChI=1S/C16H12BrCl/c17-10-16-14-4-2-1-3-11(14)5-6-12-9-13(18)7-8-15(12)16/h1-4,7-10H,5-6H2/b16-10-. The summed E-state index contributed by atoms with van der Waals surface area (Å²) in [5.74, 6) is 0.